The molecule has 13 heteroatoms. The van der Waals surface area contributed by atoms with Gasteiger partial charge in [0.25, 0.3) is 5.56 Å². The number of carbonyl (C=O) groups is 1. The Labute approximate surface area is 238 Å². The van der Waals surface area contributed by atoms with Gasteiger partial charge in [-0.05, 0) is 65.2 Å². The number of carbonyl (C=O) groups excluding carboxylic acids is 1. The fourth-order valence-corrected chi connectivity index (χ4v) is 5.18. The number of nitrogens with zero attached hydrogens (tertiary/aromatic N) is 6. The molecule has 2 N–H and O–H groups in total. The summed E-state index contributed by atoms with van der Waals surface area (Å²) in [6.45, 7) is 0.483. The highest BCUT2D eigenvalue weighted by Crippen LogP contribution is 2.34. The van der Waals surface area contributed by atoms with Crippen molar-refractivity contribution in [3.8, 4) is 28.1 Å². The summed E-state index contributed by atoms with van der Waals surface area (Å²) in [6.07, 6.45) is 4.09. The SMILES string of the molecule is COCCOC(=O)Nc1cccc(-c2cnc([C@@H]3CCc4cc(-c5cc(Cl)ccc5-n5cnnn5)cc(=O)n43)[nH]2)c1. The van der Waals surface area contributed by atoms with E-state index >= 15 is 0 Å². The Balaban J connectivity index is 1.26. The molecule has 2 aromatic carbocycles. The van der Waals surface area contributed by atoms with E-state index in [-0.39, 0.29) is 18.2 Å². The second-order valence-corrected chi connectivity index (χ2v) is 9.87. The first kappa shape index (κ1) is 26.4. The van der Waals surface area contributed by atoms with Crippen molar-refractivity contribution >= 4 is 23.4 Å². The fraction of sp³-hybridized carbons (Fsp3) is 0.214. The molecule has 0 aliphatic carbocycles. The summed E-state index contributed by atoms with van der Waals surface area (Å²) < 4.78 is 13.3. The molecule has 4 heterocycles. The summed E-state index contributed by atoms with van der Waals surface area (Å²) >= 11 is 6.31. The van der Waals surface area contributed by atoms with Gasteiger partial charge in [-0.3, -0.25) is 10.1 Å². The molecular weight excluding hydrogens is 548 g/mol. The van der Waals surface area contributed by atoms with Crippen LogP contribution in [-0.2, 0) is 15.9 Å². The number of imidazole rings is 1. The minimum atomic E-state index is -0.561. The van der Waals surface area contributed by atoms with E-state index < -0.39 is 6.09 Å². The van der Waals surface area contributed by atoms with Crippen LogP contribution in [-0.4, -0.2) is 61.2 Å². The van der Waals surface area contributed by atoms with Gasteiger partial charge >= 0.3 is 6.09 Å². The third-order valence-electron chi connectivity index (χ3n) is 6.85. The average molecular weight is 573 g/mol. The Bertz CT molecular complexity index is 1770. The van der Waals surface area contributed by atoms with Crippen molar-refractivity contribution < 1.29 is 14.3 Å². The highest BCUT2D eigenvalue weighted by molar-refractivity contribution is 6.31. The first-order valence-electron chi connectivity index (χ1n) is 12.9. The number of rotatable bonds is 8. The summed E-state index contributed by atoms with van der Waals surface area (Å²) in [5, 5.41) is 14.7. The number of nitrogens with one attached hydrogen (secondary N) is 2. The highest BCUT2D eigenvalue weighted by atomic mass is 35.5. The van der Waals surface area contributed by atoms with Crippen molar-refractivity contribution in [3.63, 3.8) is 0 Å². The average Bonchev–Trinajstić information content (AvgIpc) is 3.74. The molecule has 0 spiro atoms. The summed E-state index contributed by atoms with van der Waals surface area (Å²) in [7, 11) is 1.54. The van der Waals surface area contributed by atoms with E-state index in [1.165, 1.54) is 13.4 Å². The molecule has 1 amide bonds. The van der Waals surface area contributed by atoms with Crippen LogP contribution in [0, 0.1) is 0 Å². The van der Waals surface area contributed by atoms with Crippen LogP contribution in [0.25, 0.3) is 28.1 Å². The Hall–Kier alpha value is -4.81. The fourth-order valence-electron chi connectivity index (χ4n) is 5.01. The van der Waals surface area contributed by atoms with Crippen LogP contribution < -0.4 is 10.9 Å². The number of aromatic amines is 1. The molecule has 3 aromatic heterocycles. The van der Waals surface area contributed by atoms with Crippen molar-refractivity contribution in [1.29, 1.82) is 0 Å². The largest absolute Gasteiger partial charge is 0.447 e. The predicted octanol–water partition coefficient (Wildman–Crippen LogP) is 4.27. The quantitative estimate of drug-likeness (QED) is 0.263. The van der Waals surface area contributed by atoms with E-state index in [1.54, 1.807) is 39.7 Å². The van der Waals surface area contributed by atoms with E-state index in [2.05, 4.69) is 30.8 Å². The van der Waals surface area contributed by atoms with E-state index in [0.717, 1.165) is 34.5 Å². The monoisotopic (exact) mass is 572 g/mol. The van der Waals surface area contributed by atoms with Crippen LogP contribution in [0.3, 0.4) is 0 Å². The van der Waals surface area contributed by atoms with Gasteiger partial charge in [0.2, 0.25) is 0 Å². The molecule has 12 nitrogen and oxygen atoms in total. The van der Waals surface area contributed by atoms with Crippen LogP contribution in [0.5, 0.6) is 0 Å². The van der Waals surface area contributed by atoms with Gasteiger partial charge in [0.05, 0.1) is 30.2 Å². The van der Waals surface area contributed by atoms with Crippen LogP contribution >= 0.6 is 11.6 Å². The molecule has 0 saturated carbocycles. The lowest BCUT2D eigenvalue weighted by atomic mass is 10.0. The Morgan fingerprint density at radius 3 is 2.88 bits per heavy atom. The molecule has 41 heavy (non-hydrogen) atoms. The van der Waals surface area contributed by atoms with E-state index in [0.29, 0.717) is 35.2 Å². The first-order valence-corrected chi connectivity index (χ1v) is 13.2. The number of aromatic nitrogens is 7. The van der Waals surface area contributed by atoms with Gasteiger partial charge in [-0.1, -0.05) is 23.7 Å². The second-order valence-electron chi connectivity index (χ2n) is 9.43. The number of tetrazole rings is 1. The molecule has 0 fully saturated rings. The molecule has 0 bridgehead atoms. The van der Waals surface area contributed by atoms with Crippen LogP contribution in [0.15, 0.2) is 71.9 Å². The minimum Gasteiger partial charge on any atom is -0.447 e. The molecule has 6 rings (SSSR count). The van der Waals surface area contributed by atoms with Crippen LogP contribution in [0.1, 0.15) is 24.0 Å². The number of methoxy groups -OCH3 is 1. The molecule has 0 saturated heterocycles. The second kappa shape index (κ2) is 11.4. The predicted molar refractivity (Wildman–Crippen MR) is 151 cm³/mol. The number of fused-ring (bicyclic) bond motifs is 1. The van der Waals surface area contributed by atoms with Gasteiger partial charge in [-0.25, -0.2) is 9.78 Å². The number of amides is 1. The lowest BCUT2D eigenvalue weighted by Gasteiger charge is -2.15. The normalized spacial score (nSPS) is 14.1. The third kappa shape index (κ3) is 5.47. The van der Waals surface area contributed by atoms with E-state index in [4.69, 9.17) is 21.1 Å². The molecule has 1 atom stereocenters. The van der Waals surface area contributed by atoms with Crippen molar-refractivity contribution in [2.24, 2.45) is 0 Å². The lowest BCUT2D eigenvalue weighted by Crippen LogP contribution is -2.23. The van der Waals surface area contributed by atoms with E-state index in [9.17, 15) is 9.59 Å². The van der Waals surface area contributed by atoms with Gasteiger partial charge in [-0.15, -0.1) is 5.10 Å². The Kier molecular flexibility index (Phi) is 7.32. The summed E-state index contributed by atoms with van der Waals surface area (Å²) in [4.78, 5) is 33.5. The maximum atomic E-state index is 13.5. The molecule has 1 aliphatic rings. The molecule has 5 aromatic rings. The standard InChI is InChI=1S/C28H25ClN8O4/c1-40-9-10-41-28(39)32-20-4-2-3-17(11-20)23-15-30-27(33-23)25-8-6-21-12-18(13-26(38)37(21)25)22-14-19(29)5-7-24(22)36-16-31-34-35-36/h2-5,7,11-16,25H,6,8-10H2,1H3,(H,30,33)(H,32,39)/t25-/m0/s1. The van der Waals surface area contributed by atoms with Gasteiger partial charge in [-0.2, -0.15) is 4.68 Å². The van der Waals surface area contributed by atoms with Crippen molar-refractivity contribution in [2.45, 2.75) is 18.9 Å². The third-order valence-corrected chi connectivity index (χ3v) is 7.09. The van der Waals surface area contributed by atoms with E-state index in [1.807, 2.05) is 30.3 Å². The minimum absolute atomic E-state index is 0.140. The smallest absolute Gasteiger partial charge is 0.411 e. The summed E-state index contributed by atoms with van der Waals surface area (Å²) in [5.74, 6) is 0.683. The Morgan fingerprint density at radius 1 is 1.15 bits per heavy atom. The lowest BCUT2D eigenvalue weighted by molar-refractivity contribution is 0.107. The van der Waals surface area contributed by atoms with Crippen molar-refractivity contribution in [1.82, 2.24) is 34.7 Å². The van der Waals surface area contributed by atoms with Gasteiger partial charge in [0, 0.05) is 40.7 Å². The number of H-pyrrole nitrogens is 1. The Morgan fingerprint density at radius 2 is 2.05 bits per heavy atom. The first-order chi connectivity index (χ1) is 20.0. The zero-order valence-corrected chi connectivity index (χ0v) is 22.7. The molecule has 208 valence electrons. The maximum Gasteiger partial charge on any atom is 0.411 e. The van der Waals surface area contributed by atoms with Gasteiger partial charge < -0.3 is 19.0 Å². The summed E-state index contributed by atoms with van der Waals surface area (Å²) in [6, 6.07) is 16.1. The number of hydrogen-bond acceptors (Lipinski definition) is 8. The number of benzene rings is 2. The number of aryl methyl sites for hydroxylation is 1. The number of anilines is 1. The number of pyridine rings is 1. The van der Waals surface area contributed by atoms with Crippen molar-refractivity contribution in [3.05, 3.63) is 94.0 Å². The number of hydrogen-bond donors (Lipinski definition) is 2. The number of halogens is 1. The topological polar surface area (TPSA) is 142 Å². The molecular formula is C28H25ClN8O4. The molecule has 0 unspecified atom stereocenters. The summed E-state index contributed by atoms with van der Waals surface area (Å²) in [5.41, 5.74) is 5.14. The van der Waals surface area contributed by atoms with Crippen LogP contribution in [0.4, 0.5) is 10.5 Å². The van der Waals surface area contributed by atoms with Gasteiger partial charge in [0.1, 0.15) is 18.8 Å². The van der Waals surface area contributed by atoms with Crippen LogP contribution in [0.2, 0.25) is 5.02 Å². The zero-order valence-electron chi connectivity index (χ0n) is 22.0. The highest BCUT2D eigenvalue weighted by Gasteiger charge is 2.28. The molecule has 0 radical (unpaired) electrons. The molecule has 1 aliphatic heterocycles. The zero-order chi connectivity index (χ0) is 28.3. The maximum absolute atomic E-state index is 13.5. The van der Waals surface area contributed by atoms with Crippen molar-refractivity contribution in [2.75, 3.05) is 25.6 Å². The number of ether oxygens (including phenoxy) is 2. The van der Waals surface area contributed by atoms with Gasteiger partial charge in [0.15, 0.2) is 0 Å².